The Morgan fingerprint density at radius 2 is 2.31 bits per heavy atom. The molecule has 2 amide bonds. The zero-order chi connectivity index (χ0) is 9.84. The van der Waals surface area contributed by atoms with Crippen LogP contribution in [0, 0.1) is 0 Å². The average molecular weight is 203 g/mol. The lowest BCUT2D eigenvalue weighted by atomic mass is 10.3. The molecule has 4 nitrogen and oxygen atoms in total. The van der Waals surface area contributed by atoms with E-state index in [1.807, 2.05) is 0 Å². The fourth-order valence-electron chi connectivity index (χ4n) is 1.21. The lowest BCUT2D eigenvalue weighted by Gasteiger charge is -2.32. The molecule has 0 spiro atoms. The summed E-state index contributed by atoms with van der Waals surface area (Å²) in [5.74, 6) is -0.0832. The van der Waals surface area contributed by atoms with Gasteiger partial charge in [-0.05, 0) is 11.6 Å². The molecule has 0 aromatic heterocycles. The smallest absolute Gasteiger partial charge is 0.316 e. The van der Waals surface area contributed by atoms with Crippen LogP contribution in [0.1, 0.15) is 0 Å². The van der Waals surface area contributed by atoms with E-state index in [2.05, 4.69) is 6.58 Å². The molecule has 0 radical (unpaired) electrons. The van der Waals surface area contributed by atoms with E-state index >= 15 is 0 Å². The Labute approximate surface area is 81.7 Å². The second-order valence-electron chi connectivity index (χ2n) is 2.80. The number of nitrogens with zero attached hydrogens (tertiary/aromatic N) is 2. The molecular weight excluding hydrogens is 192 g/mol. The van der Waals surface area contributed by atoms with Gasteiger partial charge in [0, 0.05) is 19.6 Å². The van der Waals surface area contributed by atoms with Gasteiger partial charge in [-0.2, -0.15) is 0 Å². The Bertz CT molecular complexity index is 242. The number of hydrogen-bond acceptors (Lipinski definition) is 2. The highest BCUT2D eigenvalue weighted by Crippen LogP contribution is 2.05. The van der Waals surface area contributed by atoms with Crippen LogP contribution in [-0.2, 0) is 4.79 Å². The minimum Gasteiger partial charge on any atom is -0.336 e. The summed E-state index contributed by atoms with van der Waals surface area (Å²) in [6.45, 7) is 5.19. The highest BCUT2D eigenvalue weighted by molar-refractivity contribution is 6.62. The zero-order valence-corrected chi connectivity index (χ0v) is 7.96. The largest absolute Gasteiger partial charge is 0.336 e. The van der Waals surface area contributed by atoms with Crippen LogP contribution in [0.5, 0.6) is 0 Å². The SMILES string of the molecule is C=CCN1CCN(C(=O)Cl)CC1=O. The summed E-state index contributed by atoms with van der Waals surface area (Å²) < 4.78 is 0. The number of amides is 2. The van der Waals surface area contributed by atoms with Crippen LogP contribution in [0.3, 0.4) is 0 Å². The average Bonchev–Trinajstić information content (AvgIpc) is 2.08. The summed E-state index contributed by atoms with van der Waals surface area (Å²) in [6, 6.07) is 0. The van der Waals surface area contributed by atoms with Gasteiger partial charge in [-0.25, -0.2) is 0 Å². The maximum Gasteiger partial charge on any atom is 0.316 e. The summed E-state index contributed by atoms with van der Waals surface area (Å²) in [7, 11) is 0. The monoisotopic (exact) mass is 202 g/mol. The molecule has 0 unspecified atom stereocenters. The second-order valence-corrected chi connectivity index (χ2v) is 3.13. The normalized spacial score (nSPS) is 17.5. The topological polar surface area (TPSA) is 40.6 Å². The van der Waals surface area contributed by atoms with Gasteiger partial charge in [0.2, 0.25) is 5.91 Å². The van der Waals surface area contributed by atoms with Crippen LogP contribution in [-0.4, -0.2) is 47.3 Å². The summed E-state index contributed by atoms with van der Waals surface area (Å²) in [5, 5.41) is -0.563. The van der Waals surface area contributed by atoms with Crippen LogP contribution in [0.15, 0.2) is 12.7 Å². The van der Waals surface area contributed by atoms with Crippen molar-refractivity contribution in [2.45, 2.75) is 0 Å². The van der Waals surface area contributed by atoms with E-state index in [9.17, 15) is 9.59 Å². The third-order valence-electron chi connectivity index (χ3n) is 1.92. The Morgan fingerprint density at radius 3 is 2.77 bits per heavy atom. The minimum atomic E-state index is -0.563. The van der Waals surface area contributed by atoms with Crippen LogP contribution < -0.4 is 0 Å². The molecule has 1 aliphatic rings. The molecule has 1 heterocycles. The van der Waals surface area contributed by atoms with E-state index in [0.717, 1.165) is 0 Å². The lowest BCUT2D eigenvalue weighted by Crippen LogP contribution is -2.50. The Kier molecular flexibility index (Phi) is 3.31. The molecule has 0 bridgehead atoms. The van der Waals surface area contributed by atoms with Gasteiger partial charge < -0.3 is 9.80 Å². The molecule has 72 valence electrons. The van der Waals surface area contributed by atoms with Crippen LogP contribution in [0.25, 0.3) is 0 Å². The number of rotatable bonds is 2. The van der Waals surface area contributed by atoms with Crippen LogP contribution >= 0.6 is 11.6 Å². The third kappa shape index (κ3) is 2.45. The van der Waals surface area contributed by atoms with Crippen molar-refractivity contribution in [1.82, 2.24) is 9.80 Å². The van der Waals surface area contributed by atoms with E-state index in [4.69, 9.17) is 11.6 Å². The van der Waals surface area contributed by atoms with Crippen molar-refractivity contribution in [1.29, 1.82) is 0 Å². The molecule has 0 aromatic carbocycles. The molecule has 0 aliphatic carbocycles. The predicted molar refractivity (Wildman–Crippen MR) is 49.6 cm³/mol. The summed E-state index contributed by atoms with van der Waals surface area (Å²) in [5.41, 5.74) is 0. The fourth-order valence-corrected chi connectivity index (χ4v) is 1.35. The first-order chi connectivity index (χ1) is 6.15. The number of hydrogen-bond donors (Lipinski definition) is 0. The first-order valence-electron chi connectivity index (χ1n) is 3.98. The van der Waals surface area contributed by atoms with Crippen molar-refractivity contribution in [2.24, 2.45) is 0 Å². The molecule has 1 fully saturated rings. The molecule has 0 atom stereocenters. The van der Waals surface area contributed by atoms with Crippen molar-refractivity contribution >= 4 is 22.9 Å². The first-order valence-corrected chi connectivity index (χ1v) is 4.36. The lowest BCUT2D eigenvalue weighted by molar-refractivity contribution is -0.133. The third-order valence-corrected chi connectivity index (χ3v) is 2.16. The standard InChI is InChI=1S/C8H11ClN2O2/c1-2-3-10-4-5-11(8(9)13)6-7(10)12/h2H,1,3-6H2. The Hall–Kier alpha value is -1.03. The number of halogens is 1. The van der Waals surface area contributed by atoms with E-state index in [0.29, 0.717) is 19.6 Å². The van der Waals surface area contributed by atoms with Gasteiger partial charge in [-0.1, -0.05) is 6.08 Å². The van der Waals surface area contributed by atoms with Gasteiger partial charge in [0.1, 0.15) is 6.54 Å². The molecule has 1 aliphatic heterocycles. The molecule has 1 saturated heterocycles. The molecule has 13 heavy (non-hydrogen) atoms. The molecule has 1 rings (SSSR count). The first kappa shape index (κ1) is 10.1. The predicted octanol–water partition coefficient (Wildman–Crippen LogP) is 0.675. The van der Waals surface area contributed by atoms with E-state index < -0.39 is 5.37 Å². The summed E-state index contributed by atoms with van der Waals surface area (Å²) >= 11 is 5.24. The quantitative estimate of drug-likeness (QED) is 0.375. The van der Waals surface area contributed by atoms with Crippen molar-refractivity contribution in [2.75, 3.05) is 26.2 Å². The Morgan fingerprint density at radius 1 is 1.62 bits per heavy atom. The highest BCUT2D eigenvalue weighted by Gasteiger charge is 2.24. The molecule has 0 N–H and O–H groups in total. The number of carbonyl (C=O) groups excluding carboxylic acids is 2. The molecular formula is C8H11ClN2O2. The molecule has 0 saturated carbocycles. The summed E-state index contributed by atoms with van der Waals surface area (Å²) in [6.07, 6.45) is 1.66. The maximum atomic E-state index is 11.3. The van der Waals surface area contributed by atoms with Crippen molar-refractivity contribution in [3.05, 3.63) is 12.7 Å². The van der Waals surface area contributed by atoms with Crippen LogP contribution in [0.2, 0.25) is 0 Å². The van der Waals surface area contributed by atoms with Gasteiger partial charge in [0.15, 0.2) is 0 Å². The fraction of sp³-hybridized carbons (Fsp3) is 0.500. The van der Waals surface area contributed by atoms with E-state index in [-0.39, 0.29) is 12.5 Å². The van der Waals surface area contributed by atoms with Crippen LogP contribution in [0.4, 0.5) is 4.79 Å². The molecule has 0 aromatic rings. The van der Waals surface area contributed by atoms with Gasteiger partial charge >= 0.3 is 5.37 Å². The van der Waals surface area contributed by atoms with Gasteiger partial charge in [0.05, 0.1) is 0 Å². The van der Waals surface area contributed by atoms with Crippen molar-refractivity contribution in [3.8, 4) is 0 Å². The second kappa shape index (κ2) is 4.28. The number of carbonyl (C=O) groups is 2. The Balaban J connectivity index is 2.51. The molecule has 5 heteroatoms. The van der Waals surface area contributed by atoms with E-state index in [1.54, 1.807) is 11.0 Å². The van der Waals surface area contributed by atoms with Gasteiger partial charge in [-0.15, -0.1) is 6.58 Å². The van der Waals surface area contributed by atoms with Gasteiger partial charge in [-0.3, -0.25) is 9.59 Å². The number of piperazine rings is 1. The van der Waals surface area contributed by atoms with Gasteiger partial charge in [0.25, 0.3) is 0 Å². The van der Waals surface area contributed by atoms with Crippen molar-refractivity contribution < 1.29 is 9.59 Å². The van der Waals surface area contributed by atoms with E-state index in [1.165, 1.54) is 4.90 Å². The summed E-state index contributed by atoms with van der Waals surface area (Å²) in [4.78, 5) is 25.0. The highest BCUT2D eigenvalue weighted by atomic mass is 35.5. The van der Waals surface area contributed by atoms with Crippen molar-refractivity contribution in [3.63, 3.8) is 0 Å². The zero-order valence-electron chi connectivity index (χ0n) is 7.20. The maximum absolute atomic E-state index is 11.3. The minimum absolute atomic E-state index is 0.0795.